The van der Waals surface area contributed by atoms with E-state index >= 15 is 0 Å². The number of amides is 1. The van der Waals surface area contributed by atoms with Crippen molar-refractivity contribution in [2.75, 3.05) is 13.2 Å². The molecule has 1 heterocycles. The molecule has 0 saturated carbocycles. The fraction of sp³-hybridized carbons (Fsp3) is 0.700. The lowest BCUT2D eigenvalue weighted by Gasteiger charge is -2.21. The molecule has 0 unspecified atom stereocenters. The lowest BCUT2D eigenvalue weighted by Crippen LogP contribution is -2.50. The molecule has 4 heteroatoms. The van der Waals surface area contributed by atoms with Gasteiger partial charge in [0.15, 0.2) is 0 Å². The molecule has 0 aromatic rings. The molecule has 1 fully saturated rings. The molecule has 2 atom stereocenters. The average molecular weight is 198 g/mol. The molecule has 1 rings (SSSR count). The van der Waals surface area contributed by atoms with Gasteiger partial charge in [0, 0.05) is 6.04 Å². The molecule has 1 saturated heterocycles. The lowest BCUT2D eigenvalue weighted by atomic mass is 10.1. The minimum Gasteiger partial charge on any atom is -0.378 e. The molecule has 14 heavy (non-hydrogen) atoms. The first-order valence-corrected chi connectivity index (χ1v) is 4.90. The predicted molar refractivity (Wildman–Crippen MR) is 55.0 cm³/mol. The van der Waals surface area contributed by atoms with Crippen molar-refractivity contribution in [3.8, 4) is 0 Å². The molecule has 1 aliphatic heterocycles. The lowest BCUT2D eigenvalue weighted by molar-refractivity contribution is -0.117. The third-order valence-electron chi connectivity index (χ3n) is 2.14. The third kappa shape index (κ3) is 3.12. The molecule has 4 nitrogen and oxygen atoms in total. The van der Waals surface area contributed by atoms with Gasteiger partial charge in [-0.25, -0.2) is 0 Å². The number of hydrogen-bond acceptors (Lipinski definition) is 3. The van der Waals surface area contributed by atoms with Crippen molar-refractivity contribution in [3.05, 3.63) is 12.7 Å². The van der Waals surface area contributed by atoms with Crippen molar-refractivity contribution in [2.24, 2.45) is 0 Å². The molecule has 80 valence electrons. The SMILES string of the molecule is C=CC(=O)N[C@H]1COC[C@H]1NC(C)C. The number of carbonyl (C=O) groups excluding carboxylic acids is 1. The summed E-state index contributed by atoms with van der Waals surface area (Å²) in [6.45, 7) is 8.79. The largest absolute Gasteiger partial charge is 0.378 e. The molecular formula is C10H18N2O2. The van der Waals surface area contributed by atoms with Gasteiger partial charge < -0.3 is 15.4 Å². The van der Waals surface area contributed by atoms with Gasteiger partial charge >= 0.3 is 0 Å². The molecular weight excluding hydrogens is 180 g/mol. The van der Waals surface area contributed by atoms with Crippen LogP contribution in [0.3, 0.4) is 0 Å². The Bertz CT molecular complexity index is 216. The van der Waals surface area contributed by atoms with Gasteiger partial charge in [0.05, 0.1) is 25.3 Å². The number of carbonyl (C=O) groups is 1. The maximum atomic E-state index is 11.1. The third-order valence-corrected chi connectivity index (χ3v) is 2.14. The van der Waals surface area contributed by atoms with Crippen LogP contribution in [0.2, 0.25) is 0 Å². The summed E-state index contributed by atoms with van der Waals surface area (Å²) in [5.74, 6) is -0.143. The highest BCUT2D eigenvalue weighted by Gasteiger charge is 2.28. The molecule has 0 aromatic carbocycles. The fourth-order valence-corrected chi connectivity index (χ4v) is 1.53. The summed E-state index contributed by atoms with van der Waals surface area (Å²) in [5, 5.41) is 6.19. The summed E-state index contributed by atoms with van der Waals surface area (Å²) in [5.41, 5.74) is 0. The van der Waals surface area contributed by atoms with E-state index in [4.69, 9.17) is 4.74 Å². The summed E-state index contributed by atoms with van der Waals surface area (Å²) in [6, 6.07) is 0.659. The van der Waals surface area contributed by atoms with Crippen molar-refractivity contribution in [1.82, 2.24) is 10.6 Å². The van der Waals surface area contributed by atoms with Crippen molar-refractivity contribution in [3.63, 3.8) is 0 Å². The maximum Gasteiger partial charge on any atom is 0.243 e. The first kappa shape index (κ1) is 11.2. The van der Waals surface area contributed by atoms with Crippen LogP contribution in [-0.4, -0.2) is 37.2 Å². The first-order chi connectivity index (χ1) is 6.63. The summed E-state index contributed by atoms with van der Waals surface area (Å²) in [6.07, 6.45) is 1.28. The van der Waals surface area contributed by atoms with E-state index in [9.17, 15) is 4.79 Å². The Morgan fingerprint density at radius 3 is 2.71 bits per heavy atom. The molecule has 1 aliphatic rings. The van der Waals surface area contributed by atoms with Crippen LogP contribution in [0.4, 0.5) is 0 Å². The highest BCUT2D eigenvalue weighted by Crippen LogP contribution is 2.06. The van der Waals surface area contributed by atoms with Gasteiger partial charge in [0.1, 0.15) is 0 Å². The average Bonchev–Trinajstić information content (AvgIpc) is 2.52. The van der Waals surface area contributed by atoms with Crippen molar-refractivity contribution < 1.29 is 9.53 Å². The smallest absolute Gasteiger partial charge is 0.243 e. The summed E-state index contributed by atoms with van der Waals surface area (Å²) in [7, 11) is 0. The standard InChI is InChI=1S/C10H18N2O2/c1-4-10(13)12-9-6-14-5-8(9)11-7(2)3/h4,7-9,11H,1,5-6H2,2-3H3,(H,12,13)/t8-,9+/m1/s1. The number of nitrogens with one attached hydrogen (secondary N) is 2. The minimum absolute atomic E-state index is 0.0582. The summed E-state index contributed by atoms with van der Waals surface area (Å²) < 4.78 is 5.30. The van der Waals surface area contributed by atoms with E-state index in [1.54, 1.807) is 0 Å². The van der Waals surface area contributed by atoms with Crippen molar-refractivity contribution >= 4 is 5.91 Å². The molecule has 0 aromatic heterocycles. The van der Waals surface area contributed by atoms with Crippen LogP contribution in [-0.2, 0) is 9.53 Å². The molecule has 0 aliphatic carbocycles. The Labute approximate surface area is 84.7 Å². The van der Waals surface area contributed by atoms with Crippen LogP contribution in [0, 0.1) is 0 Å². The van der Waals surface area contributed by atoms with Gasteiger partial charge in [-0.1, -0.05) is 20.4 Å². The molecule has 0 spiro atoms. The molecule has 1 amide bonds. The molecule has 0 radical (unpaired) electrons. The molecule has 2 N–H and O–H groups in total. The summed E-state index contributed by atoms with van der Waals surface area (Å²) in [4.78, 5) is 11.1. The fourth-order valence-electron chi connectivity index (χ4n) is 1.53. The van der Waals surface area contributed by atoms with Gasteiger partial charge in [-0.15, -0.1) is 0 Å². The Hall–Kier alpha value is -0.870. The maximum absolute atomic E-state index is 11.1. The van der Waals surface area contributed by atoms with Crippen LogP contribution in [0.15, 0.2) is 12.7 Å². The Morgan fingerprint density at radius 2 is 2.14 bits per heavy atom. The minimum atomic E-state index is -0.143. The zero-order valence-corrected chi connectivity index (χ0v) is 8.75. The van der Waals surface area contributed by atoms with Crippen LogP contribution < -0.4 is 10.6 Å². The second-order valence-corrected chi connectivity index (χ2v) is 3.78. The topological polar surface area (TPSA) is 50.4 Å². The van der Waals surface area contributed by atoms with Gasteiger partial charge in [-0.2, -0.15) is 0 Å². The zero-order valence-electron chi connectivity index (χ0n) is 8.75. The van der Waals surface area contributed by atoms with Crippen LogP contribution >= 0.6 is 0 Å². The van der Waals surface area contributed by atoms with E-state index in [0.717, 1.165) is 0 Å². The van der Waals surface area contributed by atoms with Crippen LogP contribution in [0.5, 0.6) is 0 Å². The second kappa shape index (κ2) is 5.12. The Balaban J connectivity index is 2.42. The highest BCUT2D eigenvalue weighted by molar-refractivity contribution is 5.87. The normalized spacial score (nSPS) is 26.5. The van der Waals surface area contributed by atoms with Crippen molar-refractivity contribution in [2.45, 2.75) is 32.0 Å². The van der Waals surface area contributed by atoms with E-state index in [2.05, 4.69) is 31.1 Å². The van der Waals surface area contributed by atoms with E-state index < -0.39 is 0 Å². The van der Waals surface area contributed by atoms with Gasteiger partial charge in [0.25, 0.3) is 0 Å². The van der Waals surface area contributed by atoms with Crippen LogP contribution in [0.1, 0.15) is 13.8 Å². The summed E-state index contributed by atoms with van der Waals surface area (Å²) >= 11 is 0. The number of rotatable bonds is 4. The van der Waals surface area contributed by atoms with Gasteiger partial charge in [-0.3, -0.25) is 4.79 Å². The highest BCUT2D eigenvalue weighted by atomic mass is 16.5. The Morgan fingerprint density at radius 1 is 1.50 bits per heavy atom. The number of hydrogen-bond donors (Lipinski definition) is 2. The van der Waals surface area contributed by atoms with E-state index in [1.165, 1.54) is 6.08 Å². The van der Waals surface area contributed by atoms with E-state index in [0.29, 0.717) is 19.3 Å². The van der Waals surface area contributed by atoms with Gasteiger partial charge in [0.2, 0.25) is 5.91 Å². The van der Waals surface area contributed by atoms with Crippen LogP contribution in [0.25, 0.3) is 0 Å². The zero-order chi connectivity index (χ0) is 10.6. The monoisotopic (exact) mass is 198 g/mol. The second-order valence-electron chi connectivity index (χ2n) is 3.78. The van der Waals surface area contributed by atoms with E-state index in [1.807, 2.05) is 0 Å². The Kier molecular flexibility index (Phi) is 4.10. The number of ether oxygens (including phenoxy) is 1. The molecule has 0 bridgehead atoms. The van der Waals surface area contributed by atoms with Gasteiger partial charge in [-0.05, 0) is 6.08 Å². The van der Waals surface area contributed by atoms with Crippen molar-refractivity contribution in [1.29, 1.82) is 0 Å². The quantitative estimate of drug-likeness (QED) is 0.628. The first-order valence-electron chi connectivity index (χ1n) is 4.90. The van der Waals surface area contributed by atoms with E-state index in [-0.39, 0.29) is 18.0 Å². The predicted octanol–water partition coefficient (Wildman–Crippen LogP) is 0.0540.